The Bertz CT molecular complexity index is 320. The van der Waals surface area contributed by atoms with E-state index in [1.165, 1.54) is 0 Å². The molecule has 1 saturated heterocycles. The van der Waals surface area contributed by atoms with Gasteiger partial charge in [0.2, 0.25) is 0 Å². The molecule has 1 aromatic carbocycles. The number of ether oxygens (including phenoxy) is 3. The fourth-order valence-electron chi connectivity index (χ4n) is 1.82. The van der Waals surface area contributed by atoms with Gasteiger partial charge in [0.1, 0.15) is 5.75 Å². The molecule has 2 rings (SSSR count). The molecule has 0 aromatic heterocycles. The van der Waals surface area contributed by atoms with Crippen molar-refractivity contribution in [3.8, 4) is 5.75 Å². The van der Waals surface area contributed by atoms with Crippen LogP contribution in [0.25, 0.3) is 0 Å². The fraction of sp³-hybridized carbons (Fsp3) is 0.538. The Labute approximate surface area is 96.3 Å². The van der Waals surface area contributed by atoms with Crippen molar-refractivity contribution in [2.75, 3.05) is 13.7 Å². The summed E-state index contributed by atoms with van der Waals surface area (Å²) in [4.78, 5) is 0. The lowest BCUT2D eigenvalue weighted by Crippen LogP contribution is -2.26. The quantitative estimate of drug-likeness (QED) is 0.787. The van der Waals surface area contributed by atoms with Crippen molar-refractivity contribution in [2.24, 2.45) is 0 Å². The lowest BCUT2D eigenvalue weighted by molar-refractivity contribution is -0.217. The molecule has 1 aromatic rings. The number of rotatable bonds is 3. The molecule has 0 N–H and O–H groups in total. The topological polar surface area (TPSA) is 27.7 Å². The van der Waals surface area contributed by atoms with Gasteiger partial charge in [0.15, 0.2) is 6.29 Å². The largest absolute Gasteiger partial charge is 0.497 e. The van der Waals surface area contributed by atoms with Crippen LogP contribution in [-0.2, 0) is 9.47 Å². The molecule has 3 heteroatoms. The molecule has 0 bridgehead atoms. The molecule has 1 fully saturated rings. The maximum atomic E-state index is 5.83. The summed E-state index contributed by atoms with van der Waals surface area (Å²) in [5, 5.41) is 0. The lowest BCUT2D eigenvalue weighted by Gasteiger charge is -2.29. The van der Waals surface area contributed by atoms with Crippen LogP contribution in [0.1, 0.15) is 31.6 Å². The molecule has 0 radical (unpaired) electrons. The van der Waals surface area contributed by atoms with Gasteiger partial charge >= 0.3 is 0 Å². The Hall–Kier alpha value is -1.06. The molecule has 0 amide bonds. The van der Waals surface area contributed by atoms with Crippen LogP contribution in [-0.4, -0.2) is 19.8 Å². The molecule has 0 saturated carbocycles. The van der Waals surface area contributed by atoms with Crippen LogP contribution in [0, 0.1) is 0 Å². The van der Waals surface area contributed by atoms with Crippen molar-refractivity contribution < 1.29 is 14.2 Å². The zero-order chi connectivity index (χ0) is 11.4. The Morgan fingerprint density at radius 3 is 2.69 bits per heavy atom. The predicted molar refractivity (Wildman–Crippen MR) is 61.5 cm³/mol. The number of methoxy groups -OCH3 is 1. The highest BCUT2D eigenvalue weighted by Crippen LogP contribution is 2.28. The van der Waals surface area contributed by atoms with Gasteiger partial charge in [0.25, 0.3) is 0 Å². The molecule has 0 spiro atoms. The number of benzene rings is 1. The van der Waals surface area contributed by atoms with Gasteiger partial charge in [0, 0.05) is 5.56 Å². The van der Waals surface area contributed by atoms with E-state index in [9.17, 15) is 0 Å². The second kappa shape index (κ2) is 5.32. The third-order valence-electron chi connectivity index (χ3n) is 2.87. The Kier molecular flexibility index (Phi) is 3.80. The molecule has 2 unspecified atom stereocenters. The van der Waals surface area contributed by atoms with Gasteiger partial charge < -0.3 is 14.2 Å². The number of hydrogen-bond donors (Lipinski definition) is 0. The van der Waals surface area contributed by atoms with E-state index < -0.39 is 0 Å². The summed E-state index contributed by atoms with van der Waals surface area (Å²) in [6.07, 6.45) is 2.13. The highest BCUT2D eigenvalue weighted by molar-refractivity contribution is 5.27. The summed E-state index contributed by atoms with van der Waals surface area (Å²) in [5.41, 5.74) is 1.05. The fourth-order valence-corrected chi connectivity index (χ4v) is 1.82. The van der Waals surface area contributed by atoms with Crippen LogP contribution < -0.4 is 4.74 Å². The highest BCUT2D eigenvalue weighted by Gasteiger charge is 2.22. The van der Waals surface area contributed by atoms with E-state index in [1.54, 1.807) is 7.11 Å². The molecular weight excluding hydrogens is 204 g/mol. The van der Waals surface area contributed by atoms with Crippen LogP contribution in [0.15, 0.2) is 24.3 Å². The van der Waals surface area contributed by atoms with Gasteiger partial charge in [-0.15, -0.1) is 0 Å². The van der Waals surface area contributed by atoms with Gasteiger partial charge in [-0.05, 0) is 25.0 Å². The minimum Gasteiger partial charge on any atom is -0.497 e. The van der Waals surface area contributed by atoms with Gasteiger partial charge in [0.05, 0.1) is 19.8 Å². The van der Waals surface area contributed by atoms with Crippen molar-refractivity contribution in [1.29, 1.82) is 0 Å². The minimum atomic E-state index is -0.218. The second-order valence-electron chi connectivity index (χ2n) is 3.93. The van der Waals surface area contributed by atoms with Crippen molar-refractivity contribution in [3.05, 3.63) is 29.8 Å². The van der Waals surface area contributed by atoms with Crippen LogP contribution >= 0.6 is 0 Å². The zero-order valence-corrected chi connectivity index (χ0v) is 9.81. The van der Waals surface area contributed by atoms with E-state index in [0.717, 1.165) is 30.8 Å². The monoisotopic (exact) mass is 222 g/mol. The summed E-state index contributed by atoms with van der Waals surface area (Å²) < 4.78 is 16.6. The zero-order valence-electron chi connectivity index (χ0n) is 9.81. The van der Waals surface area contributed by atoms with Crippen molar-refractivity contribution in [3.63, 3.8) is 0 Å². The van der Waals surface area contributed by atoms with Gasteiger partial charge in [-0.1, -0.05) is 19.1 Å². The Balaban J connectivity index is 2.05. The summed E-state index contributed by atoms with van der Waals surface area (Å²) in [6.45, 7) is 2.91. The van der Waals surface area contributed by atoms with Crippen LogP contribution in [0.3, 0.4) is 0 Å². The van der Waals surface area contributed by atoms with Gasteiger partial charge in [-0.3, -0.25) is 0 Å². The molecule has 88 valence electrons. The molecule has 1 aliphatic rings. The summed E-state index contributed by atoms with van der Waals surface area (Å²) in [6, 6.07) is 7.83. The molecular formula is C13H18O3. The first-order valence-corrected chi connectivity index (χ1v) is 5.74. The average Bonchev–Trinajstić information content (AvgIpc) is 2.39. The molecule has 0 aliphatic carbocycles. The van der Waals surface area contributed by atoms with Crippen LogP contribution in [0.2, 0.25) is 0 Å². The second-order valence-corrected chi connectivity index (χ2v) is 3.93. The normalized spacial score (nSPS) is 25.4. The smallest absolute Gasteiger partial charge is 0.184 e. The molecule has 1 heterocycles. The number of hydrogen-bond acceptors (Lipinski definition) is 3. The third kappa shape index (κ3) is 2.54. The van der Waals surface area contributed by atoms with Crippen LogP contribution in [0.5, 0.6) is 5.75 Å². The molecule has 16 heavy (non-hydrogen) atoms. The van der Waals surface area contributed by atoms with Gasteiger partial charge in [-0.25, -0.2) is 0 Å². The van der Waals surface area contributed by atoms with E-state index >= 15 is 0 Å². The molecule has 1 aliphatic heterocycles. The summed E-state index contributed by atoms with van der Waals surface area (Å²) >= 11 is 0. The first-order chi connectivity index (χ1) is 7.83. The lowest BCUT2D eigenvalue weighted by atomic mass is 10.1. The average molecular weight is 222 g/mol. The van der Waals surface area contributed by atoms with Crippen molar-refractivity contribution >= 4 is 0 Å². The van der Waals surface area contributed by atoms with E-state index in [0.29, 0.717) is 6.10 Å². The van der Waals surface area contributed by atoms with Gasteiger partial charge in [-0.2, -0.15) is 0 Å². The maximum Gasteiger partial charge on any atom is 0.184 e. The predicted octanol–water partition coefficient (Wildman–Crippen LogP) is 2.91. The molecule has 3 nitrogen and oxygen atoms in total. The molecule has 2 atom stereocenters. The standard InChI is InChI=1S/C13H18O3/c1-3-11-8-9-15-13(16-11)10-4-6-12(14-2)7-5-10/h4-7,11,13H,3,8-9H2,1-2H3. The van der Waals surface area contributed by atoms with Crippen LogP contribution in [0.4, 0.5) is 0 Å². The van der Waals surface area contributed by atoms with E-state index in [-0.39, 0.29) is 6.29 Å². The van der Waals surface area contributed by atoms with E-state index in [4.69, 9.17) is 14.2 Å². The highest BCUT2D eigenvalue weighted by atomic mass is 16.7. The summed E-state index contributed by atoms with van der Waals surface area (Å²) in [7, 11) is 1.66. The van der Waals surface area contributed by atoms with Crippen molar-refractivity contribution in [2.45, 2.75) is 32.2 Å². The Morgan fingerprint density at radius 2 is 2.06 bits per heavy atom. The van der Waals surface area contributed by atoms with Crippen molar-refractivity contribution in [1.82, 2.24) is 0 Å². The third-order valence-corrected chi connectivity index (χ3v) is 2.87. The van der Waals surface area contributed by atoms with E-state index in [2.05, 4.69) is 6.92 Å². The first-order valence-electron chi connectivity index (χ1n) is 5.74. The SMILES string of the molecule is CCC1CCOC(c2ccc(OC)cc2)O1. The first kappa shape index (κ1) is 11.4. The minimum absolute atomic E-state index is 0.218. The Morgan fingerprint density at radius 1 is 1.31 bits per heavy atom. The van der Waals surface area contributed by atoms with E-state index in [1.807, 2.05) is 24.3 Å². The maximum absolute atomic E-state index is 5.83. The summed E-state index contributed by atoms with van der Waals surface area (Å²) in [5.74, 6) is 0.853.